The number of aromatic hydroxyl groups is 1. The molecule has 0 saturated heterocycles. The smallest absolute Gasteiger partial charge is 0.267 e. The van der Waals surface area contributed by atoms with Crippen molar-refractivity contribution in [3.63, 3.8) is 0 Å². The van der Waals surface area contributed by atoms with Crippen LogP contribution >= 0.6 is 22.9 Å². The van der Waals surface area contributed by atoms with Crippen LogP contribution < -0.4 is 5.32 Å². The number of nitrogens with one attached hydrogen (secondary N) is 1. The number of rotatable bonds is 4. The maximum atomic E-state index is 12.6. The van der Waals surface area contributed by atoms with Crippen LogP contribution in [0, 0.1) is 0 Å². The lowest BCUT2D eigenvalue weighted by molar-refractivity contribution is 0.103. The molecule has 9 heteroatoms. The van der Waals surface area contributed by atoms with Crippen molar-refractivity contribution in [3.05, 3.63) is 52.4 Å². The molecule has 0 unspecified atom stereocenters. The highest BCUT2D eigenvalue weighted by molar-refractivity contribution is 7.89. The Labute approximate surface area is 159 Å². The standard InChI is InChI=1S/C17H15ClN2O4S2/c1-20(2)26(23,24)10-7-8-13(21)12(9-10)19-17(22)16-15(18)11-5-3-4-6-14(11)25-16/h3-9,21H,1-2H3,(H,19,22). The minimum absolute atomic E-state index is 0.00792. The molecule has 1 heterocycles. The van der Waals surface area contributed by atoms with Gasteiger partial charge in [-0.15, -0.1) is 11.3 Å². The number of carbonyl (C=O) groups is 1. The molecule has 3 aromatic rings. The minimum atomic E-state index is -3.70. The van der Waals surface area contributed by atoms with Gasteiger partial charge in [-0.1, -0.05) is 29.8 Å². The van der Waals surface area contributed by atoms with Crippen LogP contribution in [0.5, 0.6) is 5.75 Å². The van der Waals surface area contributed by atoms with Crippen LogP contribution in [0.25, 0.3) is 10.1 Å². The summed E-state index contributed by atoms with van der Waals surface area (Å²) in [6.07, 6.45) is 0. The van der Waals surface area contributed by atoms with E-state index in [2.05, 4.69) is 5.32 Å². The average Bonchev–Trinajstić information content (AvgIpc) is 2.94. The number of halogens is 1. The second kappa shape index (κ2) is 6.88. The van der Waals surface area contributed by atoms with Crippen molar-refractivity contribution in [2.75, 3.05) is 19.4 Å². The van der Waals surface area contributed by atoms with Crippen LogP contribution in [0.1, 0.15) is 9.67 Å². The molecular weight excluding hydrogens is 396 g/mol. The maximum Gasteiger partial charge on any atom is 0.267 e. The molecular formula is C17H15ClN2O4S2. The Morgan fingerprint density at radius 1 is 1.19 bits per heavy atom. The van der Waals surface area contributed by atoms with E-state index < -0.39 is 15.9 Å². The Bertz CT molecular complexity index is 1110. The van der Waals surface area contributed by atoms with Gasteiger partial charge in [0.2, 0.25) is 10.0 Å². The number of thiophene rings is 1. The molecule has 1 aromatic heterocycles. The number of fused-ring (bicyclic) bond motifs is 1. The van der Waals surface area contributed by atoms with Gasteiger partial charge in [0, 0.05) is 24.2 Å². The van der Waals surface area contributed by atoms with Crippen LogP contribution in [-0.4, -0.2) is 37.8 Å². The number of sulfonamides is 1. The first kappa shape index (κ1) is 18.7. The van der Waals surface area contributed by atoms with E-state index in [1.807, 2.05) is 24.3 Å². The van der Waals surface area contributed by atoms with E-state index in [4.69, 9.17) is 11.6 Å². The van der Waals surface area contributed by atoms with Crippen LogP contribution in [0.2, 0.25) is 5.02 Å². The molecule has 0 saturated carbocycles. The van der Waals surface area contributed by atoms with Crippen molar-refractivity contribution in [2.24, 2.45) is 0 Å². The molecule has 0 fully saturated rings. The van der Waals surface area contributed by atoms with Crippen molar-refractivity contribution in [2.45, 2.75) is 4.90 Å². The number of benzene rings is 2. The number of hydrogen-bond donors (Lipinski definition) is 2. The van der Waals surface area contributed by atoms with E-state index in [0.717, 1.165) is 14.4 Å². The molecule has 0 aliphatic rings. The number of anilines is 1. The summed E-state index contributed by atoms with van der Waals surface area (Å²) in [4.78, 5) is 12.8. The molecule has 3 rings (SSSR count). The van der Waals surface area contributed by atoms with Crippen molar-refractivity contribution in [3.8, 4) is 5.75 Å². The Hall–Kier alpha value is -2.13. The van der Waals surface area contributed by atoms with Gasteiger partial charge in [0.15, 0.2) is 0 Å². The zero-order chi connectivity index (χ0) is 19.1. The van der Waals surface area contributed by atoms with Crippen LogP contribution in [0.3, 0.4) is 0 Å². The lowest BCUT2D eigenvalue weighted by Gasteiger charge is -2.13. The number of nitrogens with zero attached hydrogens (tertiary/aromatic N) is 1. The third-order valence-corrected chi connectivity index (χ3v) is 7.22. The van der Waals surface area contributed by atoms with Crippen molar-refractivity contribution < 1.29 is 18.3 Å². The summed E-state index contributed by atoms with van der Waals surface area (Å²) < 4.78 is 26.4. The Morgan fingerprint density at radius 2 is 1.88 bits per heavy atom. The summed E-state index contributed by atoms with van der Waals surface area (Å²) in [5, 5.41) is 13.6. The number of amides is 1. The normalized spacial score (nSPS) is 11.8. The van der Waals surface area contributed by atoms with E-state index in [1.165, 1.54) is 43.6 Å². The van der Waals surface area contributed by atoms with E-state index >= 15 is 0 Å². The van der Waals surface area contributed by atoms with E-state index in [9.17, 15) is 18.3 Å². The van der Waals surface area contributed by atoms with Crippen molar-refractivity contribution in [1.29, 1.82) is 0 Å². The molecule has 0 spiro atoms. The van der Waals surface area contributed by atoms with Gasteiger partial charge in [-0.2, -0.15) is 0 Å². The topological polar surface area (TPSA) is 86.7 Å². The Kier molecular flexibility index (Phi) is 4.94. The molecule has 2 N–H and O–H groups in total. The van der Waals surface area contributed by atoms with Crippen molar-refractivity contribution in [1.82, 2.24) is 4.31 Å². The summed E-state index contributed by atoms with van der Waals surface area (Å²) in [7, 11) is -0.897. The predicted molar refractivity (Wildman–Crippen MR) is 104 cm³/mol. The van der Waals surface area contributed by atoms with E-state index in [-0.39, 0.29) is 21.2 Å². The largest absolute Gasteiger partial charge is 0.506 e. The molecule has 0 atom stereocenters. The molecule has 0 radical (unpaired) electrons. The SMILES string of the molecule is CN(C)S(=O)(=O)c1ccc(O)c(NC(=O)c2sc3ccccc3c2Cl)c1. The summed E-state index contributed by atoms with van der Waals surface area (Å²) in [5.41, 5.74) is -0.00792. The molecule has 2 aromatic carbocycles. The highest BCUT2D eigenvalue weighted by atomic mass is 35.5. The third-order valence-electron chi connectivity index (χ3n) is 3.74. The van der Waals surface area contributed by atoms with Gasteiger partial charge in [-0.25, -0.2) is 12.7 Å². The molecule has 26 heavy (non-hydrogen) atoms. The van der Waals surface area contributed by atoms with Gasteiger partial charge >= 0.3 is 0 Å². The van der Waals surface area contributed by atoms with Gasteiger partial charge in [-0.05, 0) is 24.3 Å². The fraction of sp³-hybridized carbons (Fsp3) is 0.118. The fourth-order valence-electron chi connectivity index (χ4n) is 2.33. The average molecular weight is 411 g/mol. The first-order valence-electron chi connectivity index (χ1n) is 7.45. The van der Waals surface area contributed by atoms with E-state index in [0.29, 0.717) is 5.02 Å². The lowest BCUT2D eigenvalue weighted by atomic mass is 10.2. The number of phenols is 1. The summed E-state index contributed by atoms with van der Waals surface area (Å²) in [6, 6.07) is 11.0. The lowest BCUT2D eigenvalue weighted by Crippen LogP contribution is -2.22. The zero-order valence-electron chi connectivity index (χ0n) is 13.9. The number of hydrogen-bond acceptors (Lipinski definition) is 5. The zero-order valence-corrected chi connectivity index (χ0v) is 16.2. The van der Waals surface area contributed by atoms with Gasteiger partial charge < -0.3 is 10.4 Å². The second-order valence-electron chi connectivity index (χ2n) is 5.66. The number of carbonyl (C=O) groups excluding carboxylic acids is 1. The minimum Gasteiger partial charge on any atom is -0.506 e. The van der Waals surface area contributed by atoms with Gasteiger partial charge in [-0.3, -0.25) is 4.79 Å². The third kappa shape index (κ3) is 3.28. The van der Waals surface area contributed by atoms with Crippen LogP contribution in [0.4, 0.5) is 5.69 Å². The molecule has 0 bridgehead atoms. The first-order valence-corrected chi connectivity index (χ1v) is 10.1. The molecule has 0 aliphatic carbocycles. The van der Waals surface area contributed by atoms with Crippen molar-refractivity contribution >= 4 is 54.6 Å². The monoisotopic (exact) mass is 410 g/mol. The second-order valence-corrected chi connectivity index (χ2v) is 9.24. The van der Waals surface area contributed by atoms with Gasteiger partial charge in [0.05, 0.1) is 15.6 Å². The Morgan fingerprint density at radius 3 is 2.54 bits per heavy atom. The highest BCUT2D eigenvalue weighted by Gasteiger charge is 2.21. The van der Waals surface area contributed by atoms with Crippen LogP contribution in [-0.2, 0) is 10.0 Å². The van der Waals surface area contributed by atoms with E-state index in [1.54, 1.807) is 0 Å². The fourth-order valence-corrected chi connectivity index (χ4v) is 4.67. The highest BCUT2D eigenvalue weighted by Crippen LogP contribution is 2.36. The Balaban J connectivity index is 1.98. The van der Waals surface area contributed by atoms with Crippen LogP contribution in [0.15, 0.2) is 47.4 Å². The molecule has 0 aliphatic heterocycles. The van der Waals surface area contributed by atoms with Gasteiger partial charge in [0.25, 0.3) is 5.91 Å². The maximum absolute atomic E-state index is 12.6. The number of phenolic OH excluding ortho intramolecular Hbond substituents is 1. The summed E-state index contributed by atoms with van der Waals surface area (Å²) in [5.74, 6) is -0.765. The predicted octanol–water partition coefficient (Wildman–Crippen LogP) is 3.76. The summed E-state index contributed by atoms with van der Waals surface area (Å²) >= 11 is 7.51. The first-order chi connectivity index (χ1) is 12.2. The molecule has 1 amide bonds. The molecule has 136 valence electrons. The molecule has 6 nitrogen and oxygen atoms in total. The quantitative estimate of drug-likeness (QED) is 0.641. The van der Waals surface area contributed by atoms with Gasteiger partial charge in [0.1, 0.15) is 10.6 Å². The summed E-state index contributed by atoms with van der Waals surface area (Å²) in [6.45, 7) is 0.